The first kappa shape index (κ1) is 10.1. The van der Waals surface area contributed by atoms with Gasteiger partial charge in [0.1, 0.15) is 0 Å². The van der Waals surface area contributed by atoms with Crippen LogP contribution in [0, 0.1) is 3.57 Å². The van der Waals surface area contributed by atoms with Crippen LogP contribution < -0.4 is 10.6 Å². The number of anilines is 2. The van der Waals surface area contributed by atoms with Crippen molar-refractivity contribution in [3.63, 3.8) is 0 Å². The predicted molar refractivity (Wildman–Crippen MR) is 70.0 cm³/mol. The maximum atomic E-state index is 3.58. The van der Waals surface area contributed by atoms with E-state index < -0.39 is 0 Å². The van der Waals surface area contributed by atoms with E-state index in [1.807, 2.05) is 0 Å². The average molecular weight is 302 g/mol. The minimum atomic E-state index is 0.194. The maximum absolute atomic E-state index is 3.58. The molecule has 0 amide bonds. The molecule has 2 rings (SSSR count). The highest BCUT2D eigenvalue weighted by Gasteiger charge is 2.26. The van der Waals surface area contributed by atoms with E-state index in [4.69, 9.17) is 0 Å². The average Bonchev–Trinajstić information content (AvgIpc) is 2.19. The maximum Gasteiger partial charge on any atom is 0.0587 e. The van der Waals surface area contributed by atoms with E-state index in [1.54, 1.807) is 0 Å². The summed E-state index contributed by atoms with van der Waals surface area (Å²) in [6, 6.07) is 6.46. The molecule has 3 heteroatoms. The van der Waals surface area contributed by atoms with E-state index >= 15 is 0 Å². The van der Waals surface area contributed by atoms with Gasteiger partial charge in [0.2, 0.25) is 0 Å². The molecular formula is C11H15IN2. The van der Waals surface area contributed by atoms with Crippen LogP contribution >= 0.6 is 22.6 Å². The van der Waals surface area contributed by atoms with Crippen LogP contribution in [0.5, 0.6) is 0 Å². The summed E-state index contributed by atoms with van der Waals surface area (Å²) >= 11 is 2.34. The number of halogens is 1. The summed E-state index contributed by atoms with van der Waals surface area (Å²) in [6.07, 6.45) is 1.13. The normalized spacial score (nSPS) is 24.8. The summed E-state index contributed by atoms with van der Waals surface area (Å²) < 4.78 is 1.27. The predicted octanol–water partition coefficient (Wildman–Crippen LogP) is 3.30. The fraction of sp³-hybridized carbons (Fsp3) is 0.455. The van der Waals surface area contributed by atoms with Gasteiger partial charge >= 0.3 is 0 Å². The molecule has 76 valence electrons. The Morgan fingerprint density at radius 2 is 2.21 bits per heavy atom. The molecule has 1 aromatic carbocycles. The fourth-order valence-corrected chi connectivity index (χ4v) is 2.14. The van der Waals surface area contributed by atoms with E-state index in [1.165, 1.54) is 14.9 Å². The molecule has 2 nitrogen and oxygen atoms in total. The summed E-state index contributed by atoms with van der Waals surface area (Å²) in [5.74, 6) is 0. The Hall–Kier alpha value is -0.450. The Morgan fingerprint density at radius 3 is 2.93 bits per heavy atom. The van der Waals surface area contributed by atoms with Crippen LogP contribution in [0.3, 0.4) is 0 Å². The lowest BCUT2D eigenvalue weighted by molar-refractivity contribution is 0.513. The van der Waals surface area contributed by atoms with Crippen molar-refractivity contribution in [3.05, 3.63) is 21.8 Å². The molecule has 1 atom stereocenters. The highest BCUT2D eigenvalue weighted by molar-refractivity contribution is 14.1. The van der Waals surface area contributed by atoms with Gasteiger partial charge in [0, 0.05) is 10.1 Å². The number of benzene rings is 1. The summed E-state index contributed by atoms with van der Waals surface area (Å²) in [5, 5.41) is 7.06. The highest BCUT2D eigenvalue weighted by Crippen LogP contribution is 2.32. The molecule has 0 spiro atoms. The lowest BCUT2D eigenvalue weighted by atomic mass is 9.95. The third-order valence-electron chi connectivity index (χ3n) is 2.87. The van der Waals surface area contributed by atoms with Crippen molar-refractivity contribution in [2.45, 2.75) is 25.8 Å². The topological polar surface area (TPSA) is 24.1 Å². The Balaban J connectivity index is 2.31. The van der Waals surface area contributed by atoms with Crippen molar-refractivity contribution < 1.29 is 0 Å². The van der Waals surface area contributed by atoms with Crippen LogP contribution in [0.4, 0.5) is 11.4 Å². The fourth-order valence-electron chi connectivity index (χ4n) is 1.64. The first-order valence-corrected chi connectivity index (χ1v) is 6.02. The van der Waals surface area contributed by atoms with Crippen LogP contribution in [-0.4, -0.2) is 12.1 Å². The highest BCUT2D eigenvalue weighted by atomic mass is 127. The summed E-state index contributed by atoms with van der Waals surface area (Å²) in [5.41, 5.74) is 2.64. The largest absolute Gasteiger partial charge is 0.381 e. The third kappa shape index (κ3) is 1.82. The van der Waals surface area contributed by atoms with Crippen LogP contribution in [-0.2, 0) is 0 Å². The van der Waals surface area contributed by atoms with E-state index in [-0.39, 0.29) is 5.54 Å². The Labute approximate surface area is 98.6 Å². The molecule has 0 radical (unpaired) electrons. The first-order chi connectivity index (χ1) is 6.63. The molecule has 14 heavy (non-hydrogen) atoms. The molecule has 1 heterocycles. The van der Waals surface area contributed by atoms with Gasteiger partial charge in [-0.05, 0) is 54.1 Å². The second-order valence-corrected chi connectivity index (χ2v) is 5.33. The van der Waals surface area contributed by atoms with Gasteiger partial charge in [-0.15, -0.1) is 0 Å². The quantitative estimate of drug-likeness (QED) is 0.778. The molecule has 0 saturated carbocycles. The van der Waals surface area contributed by atoms with Gasteiger partial charge in [-0.25, -0.2) is 0 Å². The number of fused-ring (bicyclic) bond motifs is 1. The number of hydrogen-bond acceptors (Lipinski definition) is 2. The molecule has 0 fully saturated rings. The smallest absolute Gasteiger partial charge is 0.0587 e. The number of rotatable bonds is 1. The number of hydrogen-bond donors (Lipinski definition) is 2. The molecule has 1 unspecified atom stereocenters. The van der Waals surface area contributed by atoms with Gasteiger partial charge in [0.05, 0.1) is 16.9 Å². The zero-order valence-electron chi connectivity index (χ0n) is 8.52. The molecule has 0 saturated heterocycles. The summed E-state index contributed by atoms with van der Waals surface area (Å²) in [4.78, 5) is 0. The van der Waals surface area contributed by atoms with Crippen LogP contribution in [0.15, 0.2) is 18.2 Å². The van der Waals surface area contributed by atoms with Crippen molar-refractivity contribution in [2.24, 2.45) is 0 Å². The van der Waals surface area contributed by atoms with Crippen molar-refractivity contribution >= 4 is 34.0 Å². The minimum absolute atomic E-state index is 0.194. The van der Waals surface area contributed by atoms with E-state index in [0.717, 1.165) is 13.0 Å². The summed E-state index contributed by atoms with van der Waals surface area (Å²) in [7, 11) is 0. The van der Waals surface area contributed by atoms with E-state index in [9.17, 15) is 0 Å². The Bertz CT molecular complexity index is 351. The third-order valence-corrected chi connectivity index (χ3v) is 3.54. The van der Waals surface area contributed by atoms with E-state index in [0.29, 0.717) is 0 Å². The Kier molecular flexibility index (Phi) is 2.60. The Morgan fingerprint density at radius 1 is 1.43 bits per heavy atom. The molecule has 2 N–H and O–H groups in total. The van der Waals surface area contributed by atoms with Gasteiger partial charge in [-0.2, -0.15) is 0 Å². The molecule has 1 aliphatic heterocycles. The molecule has 0 aromatic heterocycles. The standard InChI is InChI=1S/C11H15IN2/c1-3-11(2)7-13-10-6-8(12)4-5-9(10)14-11/h4-6,13-14H,3,7H2,1-2H3. The minimum Gasteiger partial charge on any atom is -0.381 e. The van der Waals surface area contributed by atoms with Gasteiger partial charge in [0.15, 0.2) is 0 Å². The first-order valence-electron chi connectivity index (χ1n) is 4.94. The molecule has 1 aliphatic rings. The lowest BCUT2D eigenvalue weighted by Crippen LogP contribution is -2.44. The van der Waals surface area contributed by atoms with Gasteiger partial charge in [-0.1, -0.05) is 6.92 Å². The van der Waals surface area contributed by atoms with Crippen LogP contribution in [0.1, 0.15) is 20.3 Å². The van der Waals surface area contributed by atoms with Crippen molar-refractivity contribution in [1.82, 2.24) is 0 Å². The van der Waals surface area contributed by atoms with Gasteiger partial charge < -0.3 is 10.6 Å². The van der Waals surface area contributed by atoms with Crippen molar-refractivity contribution in [3.8, 4) is 0 Å². The second-order valence-electron chi connectivity index (χ2n) is 4.08. The van der Waals surface area contributed by atoms with Gasteiger partial charge in [-0.3, -0.25) is 0 Å². The van der Waals surface area contributed by atoms with Crippen LogP contribution in [0.2, 0.25) is 0 Å². The molecule has 1 aromatic rings. The van der Waals surface area contributed by atoms with Gasteiger partial charge in [0.25, 0.3) is 0 Å². The lowest BCUT2D eigenvalue weighted by Gasteiger charge is -2.37. The monoisotopic (exact) mass is 302 g/mol. The zero-order chi connectivity index (χ0) is 10.2. The zero-order valence-corrected chi connectivity index (χ0v) is 10.7. The van der Waals surface area contributed by atoms with Crippen molar-refractivity contribution in [2.75, 3.05) is 17.2 Å². The van der Waals surface area contributed by atoms with Crippen molar-refractivity contribution in [1.29, 1.82) is 0 Å². The molecular weight excluding hydrogens is 287 g/mol. The summed E-state index contributed by atoms with van der Waals surface area (Å²) in [6.45, 7) is 5.46. The molecule has 0 aliphatic carbocycles. The van der Waals surface area contributed by atoms with Crippen LogP contribution in [0.25, 0.3) is 0 Å². The van der Waals surface area contributed by atoms with E-state index in [2.05, 4.69) is 65.3 Å². The number of nitrogens with one attached hydrogen (secondary N) is 2. The second kappa shape index (κ2) is 3.61. The molecule has 0 bridgehead atoms. The SMILES string of the molecule is CCC1(C)CNc2cc(I)ccc2N1.